The molecule has 6 heteroatoms. The van der Waals surface area contributed by atoms with E-state index in [0.717, 1.165) is 17.7 Å². The van der Waals surface area contributed by atoms with Crippen LogP contribution >= 0.6 is 0 Å². The maximum atomic E-state index is 13.0. The van der Waals surface area contributed by atoms with Crippen LogP contribution in [0.15, 0.2) is 35.5 Å². The zero-order chi connectivity index (χ0) is 18.9. The molecule has 0 N–H and O–H groups in total. The Balaban J connectivity index is 1.76. The van der Waals surface area contributed by atoms with Crippen molar-refractivity contribution in [1.82, 2.24) is 4.90 Å². The molecule has 1 aromatic carbocycles. The third-order valence-electron chi connectivity index (χ3n) is 4.82. The van der Waals surface area contributed by atoms with Crippen molar-refractivity contribution < 1.29 is 19.2 Å². The van der Waals surface area contributed by atoms with E-state index in [1.807, 2.05) is 44.2 Å². The zero-order valence-corrected chi connectivity index (χ0v) is 15.8. The summed E-state index contributed by atoms with van der Waals surface area (Å²) < 4.78 is 5.49. The molecule has 0 aliphatic carbocycles. The van der Waals surface area contributed by atoms with E-state index < -0.39 is 17.8 Å². The summed E-state index contributed by atoms with van der Waals surface area (Å²) in [5.41, 5.74) is 1.15. The van der Waals surface area contributed by atoms with Gasteiger partial charge in [0, 0.05) is 6.42 Å². The van der Waals surface area contributed by atoms with Gasteiger partial charge in [0.2, 0.25) is 6.10 Å². The van der Waals surface area contributed by atoms with Gasteiger partial charge < -0.3 is 9.57 Å². The minimum absolute atomic E-state index is 0.371. The second-order valence-electron chi connectivity index (χ2n) is 7.94. The number of carbonyl (C=O) groups is 2. The van der Waals surface area contributed by atoms with E-state index in [-0.39, 0.29) is 11.9 Å². The van der Waals surface area contributed by atoms with Crippen molar-refractivity contribution in [2.45, 2.75) is 64.7 Å². The Morgan fingerprint density at radius 2 is 2.00 bits per heavy atom. The maximum Gasteiger partial charge on any atom is 0.417 e. The predicted octanol–water partition coefficient (Wildman–Crippen LogP) is 3.55. The standard InChI is InChI=1S/C20H26N2O4/c1-13(2)10-15-12-16(26-21-15)18(23)22-17(20(3,4)25-19(22)24)11-14-8-6-5-7-9-14/h5-9,13,16-17H,10-12H2,1-4H3/t16?,17-/m0/s1. The van der Waals surface area contributed by atoms with E-state index in [1.165, 1.54) is 4.90 Å². The lowest BCUT2D eigenvalue weighted by Gasteiger charge is -2.28. The molecular weight excluding hydrogens is 332 g/mol. The summed E-state index contributed by atoms with van der Waals surface area (Å²) in [6, 6.07) is 9.40. The minimum atomic E-state index is -0.761. The summed E-state index contributed by atoms with van der Waals surface area (Å²) in [5, 5.41) is 4.04. The molecule has 1 saturated heterocycles. The smallest absolute Gasteiger partial charge is 0.417 e. The molecule has 3 rings (SSSR count). The minimum Gasteiger partial charge on any atom is -0.441 e. The molecule has 1 fully saturated rings. The summed E-state index contributed by atoms with van der Waals surface area (Å²) >= 11 is 0. The molecule has 2 heterocycles. The van der Waals surface area contributed by atoms with Crippen LogP contribution in [0, 0.1) is 5.92 Å². The van der Waals surface area contributed by atoms with Gasteiger partial charge in [0.1, 0.15) is 5.60 Å². The zero-order valence-electron chi connectivity index (χ0n) is 15.8. The monoisotopic (exact) mass is 358 g/mol. The number of cyclic esters (lactones) is 1. The number of amides is 2. The van der Waals surface area contributed by atoms with Crippen LogP contribution in [0.4, 0.5) is 4.79 Å². The van der Waals surface area contributed by atoms with Crippen LogP contribution in [0.2, 0.25) is 0 Å². The van der Waals surface area contributed by atoms with E-state index in [9.17, 15) is 9.59 Å². The summed E-state index contributed by atoms with van der Waals surface area (Å²) in [6.45, 7) is 7.85. The normalized spacial score (nSPS) is 24.4. The van der Waals surface area contributed by atoms with Gasteiger partial charge in [-0.3, -0.25) is 4.79 Å². The number of ether oxygens (including phenoxy) is 1. The van der Waals surface area contributed by atoms with Gasteiger partial charge >= 0.3 is 6.09 Å². The third kappa shape index (κ3) is 3.74. The molecule has 6 nitrogen and oxygen atoms in total. The lowest BCUT2D eigenvalue weighted by Crippen LogP contribution is -2.49. The maximum absolute atomic E-state index is 13.0. The van der Waals surface area contributed by atoms with Crippen LogP contribution in [0.1, 0.15) is 46.1 Å². The van der Waals surface area contributed by atoms with Gasteiger partial charge in [-0.05, 0) is 38.2 Å². The molecule has 2 aliphatic rings. The van der Waals surface area contributed by atoms with E-state index in [4.69, 9.17) is 9.57 Å². The Morgan fingerprint density at radius 1 is 1.31 bits per heavy atom. The van der Waals surface area contributed by atoms with Crippen molar-refractivity contribution in [3.63, 3.8) is 0 Å². The van der Waals surface area contributed by atoms with Crippen LogP contribution in [-0.2, 0) is 20.8 Å². The number of oxime groups is 1. The topological polar surface area (TPSA) is 68.2 Å². The largest absolute Gasteiger partial charge is 0.441 e. The third-order valence-corrected chi connectivity index (χ3v) is 4.82. The molecule has 0 aromatic heterocycles. The van der Waals surface area contributed by atoms with Gasteiger partial charge in [0.25, 0.3) is 5.91 Å². The molecule has 2 aliphatic heterocycles. The SMILES string of the molecule is CC(C)CC1=NOC(C(=O)N2C(=O)OC(C)(C)[C@@H]2Cc2ccccc2)C1. The molecule has 1 unspecified atom stereocenters. The molecule has 0 spiro atoms. The fourth-order valence-corrected chi connectivity index (χ4v) is 3.50. The van der Waals surface area contributed by atoms with E-state index >= 15 is 0 Å². The predicted molar refractivity (Wildman–Crippen MR) is 97.7 cm³/mol. The van der Waals surface area contributed by atoms with Crippen LogP contribution in [0.5, 0.6) is 0 Å². The summed E-state index contributed by atoms with van der Waals surface area (Å²) in [7, 11) is 0. The second-order valence-corrected chi connectivity index (χ2v) is 7.94. The summed E-state index contributed by atoms with van der Waals surface area (Å²) in [5.74, 6) is 0.0664. The number of hydrogen-bond donors (Lipinski definition) is 0. The second kappa shape index (κ2) is 7.09. The molecule has 2 amide bonds. The van der Waals surface area contributed by atoms with Crippen LogP contribution in [0.3, 0.4) is 0 Å². The Kier molecular flexibility index (Phi) is 5.03. The quantitative estimate of drug-likeness (QED) is 0.807. The van der Waals surface area contributed by atoms with Crippen molar-refractivity contribution in [2.75, 3.05) is 0 Å². The van der Waals surface area contributed by atoms with Crippen molar-refractivity contribution in [2.24, 2.45) is 11.1 Å². The highest BCUT2D eigenvalue weighted by Crippen LogP contribution is 2.33. The van der Waals surface area contributed by atoms with Crippen LogP contribution in [0.25, 0.3) is 0 Å². The van der Waals surface area contributed by atoms with Crippen LogP contribution < -0.4 is 0 Å². The average Bonchev–Trinajstić information content (AvgIpc) is 3.10. The van der Waals surface area contributed by atoms with Gasteiger partial charge in [-0.15, -0.1) is 0 Å². The molecule has 2 atom stereocenters. The molecule has 1 aromatic rings. The summed E-state index contributed by atoms with van der Waals surface area (Å²) in [4.78, 5) is 32.0. The highest BCUT2D eigenvalue weighted by molar-refractivity contribution is 6.00. The van der Waals surface area contributed by atoms with E-state index in [1.54, 1.807) is 0 Å². The summed E-state index contributed by atoms with van der Waals surface area (Å²) in [6.07, 6.45) is 0.398. The van der Waals surface area contributed by atoms with Gasteiger partial charge in [0.05, 0.1) is 11.8 Å². The molecule has 0 radical (unpaired) electrons. The fourth-order valence-electron chi connectivity index (χ4n) is 3.50. The number of rotatable bonds is 5. The first-order valence-electron chi connectivity index (χ1n) is 9.09. The van der Waals surface area contributed by atoms with Crippen molar-refractivity contribution in [3.05, 3.63) is 35.9 Å². The molecule has 0 saturated carbocycles. The Bertz CT molecular complexity index is 712. The highest BCUT2D eigenvalue weighted by Gasteiger charge is 2.52. The van der Waals surface area contributed by atoms with Crippen molar-refractivity contribution >= 4 is 17.7 Å². The van der Waals surface area contributed by atoms with Gasteiger partial charge in [-0.1, -0.05) is 49.3 Å². The Morgan fingerprint density at radius 3 is 2.65 bits per heavy atom. The fraction of sp³-hybridized carbons (Fsp3) is 0.550. The lowest BCUT2D eigenvalue weighted by molar-refractivity contribution is -0.140. The molecule has 0 bridgehead atoms. The number of imide groups is 1. The van der Waals surface area contributed by atoms with Crippen molar-refractivity contribution in [1.29, 1.82) is 0 Å². The molecule has 140 valence electrons. The molecular formula is C20H26N2O4. The first-order valence-corrected chi connectivity index (χ1v) is 9.09. The first kappa shape index (κ1) is 18.4. The van der Waals surface area contributed by atoms with E-state index in [0.29, 0.717) is 18.8 Å². The van der Waals surface area contributed by atoms with Gasteiger partial charge in [0.15, 0.2) is 0 Å². The van der Waals surface area contributed by atoms with E-state index in [2.05, 4.69) is 19.0 Å². The number of nitrogens with zero attached hydrogens (tertiary/aromatic N) is 2. The number of carbonyl (C=O) groups excluding carboxylic acids is 2. The van der Waals surface area contributed by atoms with Crippen LogP contribution in [-0.4, -0.2) is 40.4 Å². The Hall–Kier alpha value is -2.37. The number of benzene rings is 1. The highest BCUT2D eigenvalue weighted by atomic mass is 16.6. The first-order chi connectivity index (χ1) is 12.3. The van der Waals surface area contributed by atoms with Gasteiger partial charge in [-0.25, -0.2) is 9.69 Å². The van der Waals surface area contributed by atoms with Crippen molar-refractivity contribution in [3.8, 4) is 0 Å². The average molecular weight is 358 g/mol. The lowest BCUT2D eigenvalue weighted by atomic mass is 9.91. The van der Waals surface area contributed by atoms with Gasteiger partial charge in [-0.2, -0.15) is 0 Å². The Labute approximate surface area is 154 Å². The number of hydrogen-bond acceptors (Lipinski definition) is 5. The molecule has 26 heavy (non-hydrogen) atoms.